The highest BCUT2D eigenvalue weighted by molar-refractivity contribution is 6.30. The maximum absolute atomic E-state index is 13.4. The summed E-state index contributed by atoms with van der Waals surface area (Å²) in [5, 5.41) is 3.87. The molecular weight excluding hydrogens is 289 g/mol. The molecule has 0 aliphatic carbocycles. The van der Waals surface area contributed by atoms with Crippen LogP contribution in [-0.4, -0.2) is 13.2 Å². The Morgan fingerprint density at radius 2 is 1.90 bits per heavy atom. The van der Waals surface area contributed by atoms with Crippen LogP contribution in [0.4, 0.5) is 4.39 Å². The molecule has 0 radical (unpaired) electrons. The van der Waals surface area contributed by atoms with E-state index in [9.17, 15) is 4.39 Å². The molecule has 0 saturated carbocycles. The van der Waals surface area contributed by atoms with E-state index >= 15 is 0 Å². The van der Waals surface area contributed by atoms with Crippen molar-refractivity contribution in [3.63, 3.8) is 0 Å². The lowest BCUT2D eigenvalue weighted by molar-refractivity contribution is 0.116. The van der Waals surface area contributed by atoms with Crippen molar-refractivity contribution in [1.29, 1.82) is 0 Å². The van der Waals surface area contributed by atoms with Crippen molar-refractivity contribution >= 4 is 11.6 Å². The van der Waals surface area contributed by atoms with Crippen molar-refractivity contribution < 1.29 is 9.13 Å². The highest BCUT2D eigenvalue weighted by atomic mass is 35.5. The third kappa shape index (κ3) is 5.84. The largest absolute Gasteiger partial charge is 0.377 e. The summed E-state index contributed by atoms with van der Waals surface area (Å²) in [4.78, 5) is 0. The smallest absolute Gasteiger partial charge is 0.128 e. The van der Waals surface area contributed by atoms with Crippen molar-refractivity contribution in [3.8, 4) is 0 Å². The van der Waals surface area contributed by atoms with Crippen LogP contribution in [0.5, 0.6) is 0 Å². The lowest BCUT2D eigenvalue weighted by Crippen LogP contribution is -2.16. The zero-order chi connectivity index (χ0) is 14.9. The predicted octanol–water partition coefficient (Wildman–Crippen LogP) is 4.18. The van der Waals surface area contributed by atoms with Crippen LogP contribution < -0.4 is 5.32 Å². The van der Waals surface area contributed by atoms with E-state index in [0.29, 0.717) is 17.2 Å². The van der Waals surface area contributed by atoms with Gasteiger partial charge in [-0.25, -0.2) is 4.39 Å². The third-order valence-corrected chi connectivity index (χ3v) is 3.31. The van der Waals surface area contributed by atoms with Gasteiger partial charge in [-0.15, -0.1) is 0 Å². The summed E-state index contributed by atoms with van der Waals surface area (Å²) in [7, 11) is 0. The molecule has 2 rings (SSSR count). The van der Waals surface area contributed by atoms with Gasteiger partial charge in [0.25, 0.3) is 0 Å². The van der Waals surface area contributed by atoms with Gasteiger partial charge in [-0.05, 0) is 36.7 Å². The van der Waals surface area contributed by atoms with Gasteiger partial charge in [0.05, 0.1) is 6.61 Å². The second kappa shape index (κ2) is 8.78. The van der Waals surface area contributed by atoms with Crippen LogP contribution in [0.2, 0.25) is 5.02 Å². The Morgan fingerprint density at radius 3 is 2.71 bits per heavy atom. The predicted molar refractivity (Wildman–Crippen MR) is 83.8 cm³/mol. The van der Waals surface area contributed by atoms with E-state index < -0.39 is 0 Å². The summed E-state index contributed by atoms with van der Waals surface area (Å²) in [5.74, 6) is -0.276. The van der Waals surface area contributed by atoms with Crippen LogP contribution in [0.15, 0.2) is 48.5 Å². The fourth-order valence-corrected chi connectivity index (χ4v) is 2.16. The number of hydrogen-bond acceptors (Lipinski definition) is 2. The third-order valence-electron chi connectivity index (χ3n) is 3.08. The van der Waals surface area contributed by atoms with E-state index in [4.69, 9.17) is 16.3 Å². The number of hydrogen-bond donors (Lipinski definition) is 1. The maximum Gasteiger partial charge on any atom is 0.128 e. The summed E-state index contributed by atoms with van der Waals surface area (Å²) in [6.07, 6.45) is 0.884. The van der Waals surface area contributed by atoms with Gasteiger partial charge >= 0.3 is 0 Å². The fraction of sp³-hybridized carbons (Fsp3) is 0.294. The first-order chi connectivity index (χ1) is 10.3. The molecule has 0 unspecified atom stereocenters. The molecule has 2 aromatic carbocycles. The molecule has 0 saturated heterocycles. The van der Waals surface area contributed by atoms with Gasteiger partial charge in [-0.3, -0.25) is 0 Å². The number of ether oxygens (including phenoxy) is 1. The van der Waals surface area contributed by atoms with Crippen LogP contribution >= 0.6 is 11.6 Å². The van der Waals surface area contributed by atoms with Gasteiger partial charge in [-0.1, -0.05) is 41.9 Å². The van der Waals surface area contributed by atoms with Crippen LogP contribution in [0.3, 0.4) is 0 Å². The van der Waals surface area contributed by atoms with Gasteiger partial charge < -0.3 is 10.1 Å². The van der Waals surface area contributed by atoms with Gasteiger partial charge in [0.2, 0.25) is 0 Å². The normalized spacial score (nSPS) is 10.8. The van der Waals surface area contributed by atoms with E-state index in [-0.39, 0.29) is 12.4 Å². The Hall–Kier alpha value is -1.42. The van der Waals surface area contributed by atoms with Crippen LogP contribution in [0, 0.1) is 5.82 Å². The monoisotopic (exact) mass is 307 g/mol. The molecule has 1 N–H and O–H groups in total. The standard InChI is InChI=1S/C17H19ClFNO/c18-16-7-8-17(19)15(11-16)13-21-10-4-9-20-12-14-5-2-1-3-6-14/h1-3,5-8,11,20H,4,9-10,12-13H2. The van der Waals surface area contributed by atoms with Crippen LogP contribution in [0.1, 0.15) is 17.5 Å². The summed E-state index contributed by atoms with van der Waals surface area (Å²) < 4.78 is 18.9. The van der Waals surface area contributed by atoms with Crippen LogP contribution in [0.25, 0.3) is 0 Å². The zero-order valence-electron chi connectivity index (χ0n) is 11.8. The van der Waals surface area contributed by atoms with Gasteiger partial charge in [-0.2, -0.15) is 0 Å². The molecule has 0 spiro atoms. The summed E-state index contributed by atoms with van der Waals surface area (Å²) in [6.45, 7) is 2.56. The van der Waals surface area contributed by atoms with Crippen LogP contribution in [-0.2, 0) is 17.9 Å². The lowest BCUT2D eigenvalue weighted by atomic mass is 10.2. The molecule has 0 heterocycles. The summed E-state index contributed by atoms with van der Waals surface area (Å²) in [5.41, 5.74) is 1.76. The van der Waals surface area contributed by atoms with Crippen molar-refractivity contribution in [2.24, 2.45) is 0 Å². The number of benzene rings is 2. The molecule has 21 heavy (non-hydrogen) atoms. The van der Waals surface area contributed by atoms with Gasteiger partial charge in [0, 0.05) is 23.7 Å². The maximum atomic E-state index is 13.4. The number of nitrogens with one attached hydrogen (secondary N) is 1. The molecule has 0 aromatic heterocycles. The molecule has 0 amide bonds. The van der Waals surface area contributed by atoms with Crippen molar-refractivity contribution in [2.75, 3.05) is 13.2 Å². The Labute approximate surface area is 129 Å². The minimum absolute atomic E-state index is 0.255. The lowest BCUT2D eigenvalue weighted by Gasteiger charge is -2.07. The fourth-order valence-electron chi connectivity index (χ4n) is 1.96. The second-order valence-electron chi connectivity index (χ2n) is 4.80. The SMILES string of the molecule is Fc1ccc(Cl)cc1COCCCNCc1ccccc1. The first kappa shape index (κ1) is 16.0. The summed E-state index contributed by atoms with van der Waals surface area (Å²) >= 11 is 5.82. The molecular formula is C17H19ClFNO. The summed E-state index contributed by atoms with van der Waals surface area (Å²) in [6, 6.07) is 14.7. The molecule has 112 valence electrons. The number of halogens is 2. The average molecular weight is 308 g/mol. The Kier molecular flexibility index (Phi) is 6.67. The highest BCUT2D eigenvalue weighted by Crippen LogP contribution is 2.15. The molecule has 0 fully saturated rings. The molecule has 0 atom stereocenters. The highest BCUT2D eigenvalue weighted by Gasteiger charge is 2.02. The molecule has 2 nitrogen and oxygen atoms in total. The molecule has 0 aliphatic heterocycles. The van der Waals surface area contributed by atoms with E-state index in [0.717, 1.165) is 19.5 Å². The van der Waals surface area contributed by atoms with E-state index in [1.165, 1.54) is 17.7 Å². The molecule has 2 aromatic rings. The Balaban J connectivity index is 1.57. The van der Waals surface area contributed by atoms with Crippen molar-refractivity contribution in [1.82, 2.24) is 5.32 Å². The average Bonchev–Trinajstić information content (AvgIpc) is 2.50. The quantitative estimate of drug-likeness (QED) is 0.739. The molecule has 4 heteroatoms. The minimum atomic E-state index is -0.276. The minimum Gasteiger partial charge on any atom is -0.377 e. The number of rotatable bonds is 8. The Morgan fingerprint density at radius 1 is 1.10 bits per heavy atom. The Bertz CT molecular complexity index is 548. The first-order valence-electron chi connectivity index (χ1n) is 7.02. The molecule has 0 bridgehead atoms. The van der Waals surface area contributed by atoms with Crippen molar-refractivity contribution in [3.05, 3.63) is 70.5 Å². The van der Waals surface area contributed by atoms with Crippen molar-refractivity contribution in [2.45, 2.75) is 19.6 Å². The van der Waals surface area contributed by atoms with E-state index in [1.807, 2.05) is 18.2 Å². The van der Waals surface area contributed by atoms with E-state index in [1.54, 1.807) is 6.07 Å². The van der Waals surface area contributed by atoms with E-state index in [2.05, 4.69) is 17.4 Å². The first-order valence-corrected chi connectivity index (χ1v) is 7.40. The molecule has 0 aliphatic rings. The van der Waals surface area contributed by atoms with Gasteiger partial charge in [0.15, 0.2) is 0 Å². The topological polar surface area (TPSA) is 21.3 Å². The zero-order valence-corrected chi connectivity index (χ0v) is 12.6. The van der Waals surface area contributed by atoms with Gasteiger partial charge in [0.1, 0.15) is 5.82 Å². The second-order valence-corrected chi connectivity index (χ2v) is 5.24.